The highest BCUT2D eigenvalue weighted by atomic mass is 16.5. The SMILES string of the molecule is COC(=O)C(O)c1ccc(C)c(OC)c1C. The van der Waals surface area contributed by atoms with Gasteiger partial charge in [-0.1, -0.05) is 12.1 Å². The van der Waals surface area contributed by atoms with E-state index in [0.29, 0.717) is 11.3 Å². The average Bonchev–Trinajstić information content (AvgIpc) is 2.28. The zero-order valence-corrected chi connectivity index (χ0v) is 9.90. The number of hydrogen-bond donors (Lipinski definition) is 1. The molecule has 0 saturated heterocycles. The lowest BCUT2D eigenvalue weighted by molar-refractivity contribution is -0.150. The van der Waals surface area contributed by atoms with E-state index in [0.717, 1.165) is 11.1 Å². The maximum Gasteiger partial charge on any atom is 0.339 e. The predicted molar refractivity (Wildman–Crippen MR) is 59.4 cm³/mol. The molecule has 0 heterocycles. The van der Waals surface area contributed by atoms with Gasteiger partial charge < -0.3 is 14.6 Å². The molecule has 1 aromatic rings. The van der Waals surface area contributed by atoms with Gasteiger partial charge in [-0.3, -0.25) is 0 Å². The number of carbonyl (C=O) groups is 1. The van der Waals surface area contributed by atoms with Crippen LogP contribution in [0.3, 0.4) is 0 Å². The normalized spacial score (nSPS) is 12.1. The zero-order chi connectivity index (χ0) is 12.3. The number of esters is 1. The standard InChI is InChI=1S/C12H16O4/c1-7-5-6-9(8(2)11(7)15-3)10(13)12(14)16-4/h5-6,10,13H,1-4H3. The Balaban J connectivity index is 3.20. The molecule has 1 N–H and O–H groups in total. The van der Waals surface area contributed by atoms with Crippen LogP contribution in [0.15, 0.2) is 12.1 Å². The number of aliphatic hydroxyl groups excluding tert-OH is 1. The van der Waals surface area contributed by atoms with E-state index < -0.39 is 12.1 Å². The van der Waals surface area contributed by atoms with Gasteiger partial charge in [-0.05, 0) is 30.5 Å². The third-order valence-electron chi connectivity index (χ3n) is 2.57. The van der Waals surface area contributed by atoms with Crippen molar-refractivity contribution in [3.8, 4) is 5.75 Å². The van der Waals surface area contributed by atoms with Gasteiger partial charge in [-0.2, -0.15) is 0 Å². The van der Waals surface area contributed by atoms with E-state index in [4.69, 9.17) is 4.74 Å². The molecular formula is C12H16O4. The summed E-state index contributed by atoms with van der Waals surface area (Å²) in [5, 5.41) is 9.75. The summed E-state index contributed by atoms with van der Waals surface area (Å²) in [6.07, 6.45) is -1.26. The smallest absolute Gasteiger partial charge is 0.339 e. The van der Waals surface area contributed by atoms with Gasteiger partial charge in [0.25, 0.3) is 0 Å². The minimum absolute atomic E-state index is 0.509. The zero-order valence-electron chi connectivity index (χ0n) is 9.90. The van der Waals surface area contributed by atoms with Gasteiger partial charge in [-0.15, -0.1) is 0 Å². The minimum atomic E-state index is -1.26. The average molecular weight is 224 g/mol. The van der Waals surface area contributed by atoms with Crippen molar-refractivity contribution in [1.82, 2.24) is 0 Å². The number of benzene rings is 1. The summed E-state index contributed by atoms with van der Waals surface area (Å²) in [4.78, 5) is 11.2. The number of carbonyl (C=O) groups excluding carboxylic acids is 1. The molecule has 0 aliphatic heterocycles. The Morgan fingerprint density at radius 3 is 2.44 bits per heavy atom. The molecule has 4 heteroatoms. The Bertz CT molecular complexity index is 398. The fraction of sp³-hybridized carbons (Fsp3) is 0.417. The first-order valence-corrected chi connectivity index (χ1v) is 4.93. The summed E-state index contributed by atoms with van der Waals surface area (Å²) in [6.45, 7) is 3.70. The Morgan fingerprint density at radius 2 is 1.94 bits per heavy atom. The van der Waals surface area contributed by atoms with E-state index in [1.165, 1.54) is 7.11 Å². The summed E-state index contributed by atoms with van der Waals surface area (Å²) in [5.41, 5.74) is 2.22. The van der Waals surface area contributed by atoms with Gasteiger partial charge in [0.15, 0.2) is 6.10 Å². The maximum absolute atomic E-state index is 11.2. The van der Waals surface area contributed by atoms with Crippen molar-refractivity contribution in [3.63, 3.8) is 0 Å². The molecule has 16 heavy (non-hydrogen) atoms. The Hall–Kier alpha value is -1.55. The number of ether oxygens (including phenoxy) is 2. The fourth-order valence-electron chi connectivity index (χ4n) is 1.69. The molecule has 0 spiro atoms. The highest BCUT2D eigenvalue weighted by molar-refractivity contribution is 5.77. The molecule has 0 bridgehead atoms. The van der Waals surface area contributed by atoms with Gasteiger partial charge in [0.05, 0.1) is 14.2 Å². The number of methoxy groups -OCH3 is 2. The first-order valence-electron chi connectivity index (χ1n) is 4.93. The van der Waals surface area contributed by atoms with Gasteiger partial charge in [0, 0.05) is 0 Å². The van der Waals surface area contributed by atoms with Crippen LogP contribution < -0.4 is 4.74 Å². The molecule has 0 aromatic heterocycles. The number of aliphatic hydroxyl groups is 1. The molecule has 0 saturated carbocycles. The van der Waals surface area contributed by atoms with Crippen molar-refractivity contribution in [2.24, 2.45) is 0 Å². The molecular weight excluding hydrogens is 208 g/mol. The molecule has 0 radical (unpaired) electrons. The first kappa shape index (κ1) is 12.5. The summed E-state index contributed by atoms with van der Waals surface area (Å²) in [5.74, 6) is 0.00876. The largest absolute Gasteiger partial charge is 0.496 e. The van der Waals surface area contributed by atoms with E-state index in [-0.39, 0.29) is 0 Å². The molecule has 4 nitrogen and oxygen atoms in total. The van der Waals surface area contributed by atoms with Crippen molar-refractivity contribution in [2.45, 2.75) is 20.0 Å². The summed E-state index contributed by atoms with van der Waals surface area (Å²) < 4.78 is 9.71. The van der Waals surface area contributed by atoms with Crippen molar-refractivity contribution in [3.05, 3.63) is 28.8 Å². The van der Waals surface area contributed by atoms with Crippen molar-refractivity contribution in [2.75, 3.05) is 14.2 Å². The Labute approximate surface area is 94.8 Å². The number of aryl methyl sites for hydroxylation is 1. The van der Waals surface area contributed by atoms with Crippen LogP contribution in [0.25, 0.3) is 0 Å². The van der Waals surface area contributed by atoms with Crippen molar-refractivity contribution in [1.29, 1.82) is 0 Å². The Kier molecular flexibility index (Phi) is 3.90. The maximum atomic E-state index is 11.2. The second kappa shape index (κ2) is 4.99. The summed E-state index contributed by atoms with van der Waals surface area (Å²) >= 11 is 0. The van der Waals surface area contributed by atoms with Crippen LogP contribution in [0.1, 0.15) is 22.8 Å². The molecule has 88 valence electrons. The van der Waals surface area contributed by atoms with Gasteiger partial charge in [-0.25, -0.2) is 4.79 Å². The van der Waals surface area contributed by atoms with Gasteiger partial charge in [0.2, 0.25) is 0 Å². The van der Waals surface area contributed by atoms with E-state index in [1.54, 1.807) is 26.2 Å². The van der Waals surface area contributed by atoms with Crippen molar-refractivity contribution >= 4 is 5.97 Å². The van der Waals surface area contributed by atoms with Crippen LogP contribution in [-0.2, 0) is 9.53 Å². The molecule has 0 fully saturated rings. The van der Waals surface area contributed by atoms with E-state index in [2.05, 4.69) is 4.74 Å². The monoisotopic (exact) mass is 224 g/mol. The molecule has 1 aromatic carbocycles. The van der Waals surface area contributed by atoms with E-state index in [1.807, 2.05) is 6.92 Å². The minimum Gasteiger partial charge on any atom is -0.496 e. The number of hydrogen-bond acceptors (Lipinski definition) is 4. The molecule has 1 unspecified atom stereocenters. The van der Waals surface area contributed by atoms with Gasteiger partial charge >= 0.3 is 5.97 Å². The van der Waals surface area contributed by atoms with E-state index in [9.17, 15) is 9.90 Å². The Morgan fingerprint density at radius 1 is 1.31 bits per heavy atom. The third kappa shape index (κ3) is 2.17. The molecule has 0 aliphatic rings. The highest BCUT2D eigenvalue weighted by Gasteiger charge is 2.21. The van der Waals surface area contributed by atoms with Crippen LogP contribution in [-0.4, -0.2) is 25.3 Å². The summed E-state index contributed by atoms with van der Waals surface area (Å²) in [6, 6.07) is 3.50. The lowest BCUT2D eigenvalue weighted by atomic mass is 9.99. The third-order valence-corrected chi connectivity index (χ3v) is 2.57. The second-order valence-corrected chi connectivity index (χ2v) is 3.56. The quantitative estimate of drug-likeness (QED) is 0.791. The predicted octanol–water partition coefficient (Wildman–Crippen LogP) is 1.52. The van der Waals surface area contributed by atoms with Crippen LogP contribution in [0.2, 0.25) is 0 Å². The van der Waals surface area contributed by atoms with Crippen LogP contribution in [0, 0.1) is 13.8 Å². The van der Waals surface area contributed by atoms with E-state index >= 15 is 0 Å². The molecule has 0 amide bonds. The highest BCUT2D eigenvalue weighted by Crippen LogP contribution is 2.29. The fourth-order valence-corrected chi connectivity index (χ4v) is 1.69. The van der Waals surface area contributed by atoms with Crippen LogP contribution in [0.4, 0.5) is 0 Å². The summed E-state index contributed by atoms with van der Waals surface area (Å²) in [7, 11) is 2.80. The second-order valence-electron chi connectivity index (χ2n) is 3.56. The van der Waals surface area contributed by atoms with Crippen LogP contribution >= 0.6 is 0 Å². The molecule has 1 rings (SSSR count). The van der Waals surface area contributed by atoms with Crippen molar-refractivity contribution < 1.29 is 19.4 Å². The number of rotatable bonds is 3. The molecule has 0 aliphatic carbocycles. The molecule has 1 atom stereocenters. The van der Waals surface area contributed by atoms with Crippen LogP contribution in [0.5, 0.6) is 5.75 Å². The lowest BCUT2D eigenvalue weighted by Gasteiger charge is -2.15. The topological polar surface area (TPSA) is 55.8 Å². The van der Waals surface area contributed by atoms with Gasteiger partial charge in [0.1, 0.15) is 5.75 Å². The lowest BCUT2D eigenvalue weighted by Crippen LogP contribution is -2.15. The first-order chi connectivity index (χ1) is 7.52.